The normalized spacial score (nSPS) is 20.0. The van der Waals surface area contributed by atoms with E-state index in [4.69, 9.17) is 9.47 Å². The second-order valence-corrected chi connectivity index (χ2v) is 10.8. The number of methoxy groups -OCH3 is 1. The Morgan fingerprint density at radius 2 is 1.77 bits per heavy atom. The van der Waals surface area contributed by atoms with E-state index in [1.165, 1.54) is 13.2 Å². The average Bonchev–Trinajstić information content (AvgIpc) is 2.92. The van der Waals surface area contributed by atoms with Gasteiger partial charge in [-0.2, -0.15) is 10.6 Å². The third-order valence-electron chi connectivity index (χ3n) is 6.15. The molecule has 1 heterocycles. The monoisotopic (exact) mass is 450 g/mol. The molecule has 0 bridgehead atoms. The number of aryl methyl sites for hydroxylation is 2. The second-order valence-electron chi connectivity index (χ2n) is 8.38. The van der Waals surface area contributed by atoms with Gasteiger partial charge in [0, 0.05) is 11.5 Å². The Hall–Kier alpha value is -2.13. The van der Waals surface area contributed by atoms with Crippen LogP contribution in [0.5, 0.6) is 5.75 Å². The predicted molar refractivity (Wildman–Crippen MR) is 117 cm³/mol. The standard InChI is InChI=1S/C23H27FO6S/c1-29-22(25)20-13-19-16(12-21(20)24)4-2-3-15-11-17(5-6-18(15)19)30-14-23(26)7-9-31(27,28)10-8-23/h5-6,11-13,26-28H,2-4,7-10,14H2,1H3. The summed E-state index contributed by atoms with van der Waals surface area (Å²) in [6.45, 7) is 0.0790. The van der Waals surface area contributed by atoms with E-state index in [-0.39, 0.29) is 36.5 Å². The molecule has 0 spiro atoms. The van der Waals surface area contributed by atoms with Crippen LogP contribution in [-0.4, -0.2) is 51.0 Å². The summed E-state index contributed by atoms with van der Waals surface area (Å²) in [5.74, 6) is -0.294. The Morgan fingerprint density at radius 3 is 2.45 bits per heavy atom. The van der Waals surface area contributed by atoms with E-state index < -0.39 is 28.0 Å². The Kier molecular flexibility index (Phi) is 6.00. The number of halogens is 1. The maximum atomic E-state index is 14.4. The highest BCUT2D eigenvalue weighted by Gasteiger charge is 2.36. The van der Waals surface area contributed by atoms with Crippen molar-refractivity contribution in [3.8, 4) is 16.9 Å². The Bertz CT molecular complexity index is 996. The van der Waals surface area contributed by atoms with Crippen LogP contribution in [-0.2, 0) is 17.6 Å². The molecule has 6 nitrogen and oxygen atoms in total. The number of benzene rings is 2. The van der Waals surface area contributed by atoms with Crippen molar-refractivity contribution in [1.29, 1.82) is 0 Å². The molecule has 1 aliphatic heterocycles. The van der Waals surface area contributed by atoms with Crippen LogP contribution in [0.4, 0.5) is 4.39 Å². The first-order valence-electron chi connectivity index (χ1n) is 10.3. The molecule has 0 atom stereocenters. The van der Waals surface area contributed by atoms with Crippen molar-refractivity contribution < 1.29 is 32.9 Å². The van der Waals surface area contributed by atoms with Gasteiger partial charge in [-0.1, -0.05) is 6.07 Å². The second kappa shape index (κ2) is 8.43. The third kappa shape index (κ3) is 4.72. The van der Waals surface area contributed by atoms with Crippen molar-refractivity contribution >= 4 is 16.6 Å². The van der Waals surface area contributed by atoms with Gasteiger partial charge in [0.1, 0.15) is 23.8 Å². The SMILES string of the molecule is COC(=O)c1cc2c(cc1F)CCCc1cc(OCC3(O)CCS(O)(O)CC3)ccc1-2. The first-order chi connectivity index (χ1) is 14.7. The highest BCUT2D eigenvalue weighted by molar-refractivity contribution is 8.24. The molecule has 1 saturated heterocycles. The van der Waals surface area contributed by atoms with E-state index in [0.717, 1.165) is 35.1 Å². The fourth-order valence-electron chi connectivity index (χ4n) is 4.23. The van der Waals surface area contributed by atoms with Crippen molar-refractivity contribution in [1.82, 2.24) is 0 Å². The highest BCUT2D eigenvalue weighted by atomic mass is 32.3. The summed E-state index contributed by atoms with van der Waals surface area (Å²) in [5.41, 5.74) is 2.47. The zero-order valence-corrected chi connectivity index (χ0v) is 18.2. The number of fused-ring (bicyclic) bond motifs is 3. The predicted octanol–water partition coefficient (Wildman–Crippen LogP) is 4.42. The number of ether oxygens (including phenoxy) is 2. The molecule has 0 amide bonds. The molecule has 168 valence electrons. The van der Waals surface area contributed by atoms with Gasteiger partial charge in [-0.25, -0.2) is 9.18 Å². The van der Waals surface area contributed by atoms with E-state index in [1.54, 1.807) is 12.1 Å². The summed E-state index contributed by atoms with van der Waals surface area (Å²) >= 11 is 0. The molecule has 8 heteroatoms. The summed E-state index contributed by atoms with van der Waals surface area (Å²) in [6, 6.07) is 8.60. The molecule has 0 unspecified atom stereocenters. The third-order valence-corrected chi connectivity index (χ3v) is 7.87. The van der Waals surface area contributed by atoms with Crippen LogP contribution < -0.4 is 4.74 Å². The smallest absolute Gasteiger partial charge is 0.340 e. The minimum Gasteiger partial charge on any atom is -0.491 e. The van der Waals surface area contributed by atoms with Gasteiger partial charge in [-0.15, -0.1) is 0 Å². The molecule has 4 rings (SSSR count). The molecule has 0 aromatic heterocycles. The van der Waals surface area contributed by atoms with Crippen LogP contribution in [0.15, 0.2) is 30.3 Å². The fraction of sp³-hybridized carbons (Fsp3) is 0.435. The molecular formula is C23H27FO6S. The van der Waals surface area contributed by atoms with Crippen LogP contribution in [0.25, 0.3) is 11.1 Å². The summed E-state index contributed by atoms with van der Waals surface area (Å²) < 4.78 is 44.5. The maximum absolute atomic E-state index is 14.4. The van der Waals surface area contributed by atoms with Crippen LogP contribution in [0.3, 0.4) is 0 Å². The van der Waals surface area contributed by atoms with Crippen LogP contribution in [0, 0.1) is 5.82 Å². The minimum absolute atomic E-state index is 0.0790. The van der Waals surface area contributed by atoms with Gasteiger partial charge >= 0.3 is 5.97 Å². The van der Waals surface area contributed by atoms with Gasteiger partial charge in [0.25, 0.3) is 0 Å². The average molecular weight is 451 g/mol. The topological polar surface area (TPSA) is 96.2 Å². The largest absolute Gasteiger partial charge is 0.491 e. The van der Waals surface area contributed by atoms with Gasteiger partial charge in [-0.05, 0) is 78.6 Å². The molecule has 3 N–H and O–H groups in total. The Morgan fingerprint density at radius 1 is 1.10 bits per heavy atom. The van der Waals surface area contributed by atoms with E-state index in [1.807, 2.05) is 12.1 Å². The lowest BCUT2D eigenvalue weighted by molar-refractivity contribution is -0.0140. The molecule has 1 aliphatic carbocycles. The number of hydrogen-bond acceptors (Lipinski definition) is 6. The van der Waals surface area contributed by atoms with Crippen LogP contribution in [0.1, 0.15) is 40.7 Å². The van der Waals surface area contributed by atoms with Gasteiger partial charge in [0.15, 0.2) is 0 Å². The molecule has 2 aromatic rings. The molecule has 2 aromatic carbocycles. The molecule has 0 radical (unpaired) electrons. The van der Waals surface area contributed by atoms with Crippen molar-refractivity contribution in [3.05, 3.63) is 52.8 Å². The van der Waals surface area contributed by atoms with E-state index in [9.17, 15) is 23.4 Å². The quantitative estimate of drug-likeness (QED) is 0.597. The zero-order valence-electron chi connectivity index (χ0n) is 17.4. The maximum Gasteiger partial charge on any atom is 0.340 e. The van der Waals surface area contributed by atoms with Crippen molar-refractivity contribution in [3.63, 3.8) is 0 Å². The summed E-state index contributed by atoms with van der Waals surface area (Å²) in [7, 11) is -1.34. The number of aliphatic hydroxyl groups is 1. The summed E-state index contributed by atoms with van der Waals surface area (Å²) in [4.78, 5) is 11.9. The van der Waals surface area contributed by atoms with Crippen LogP contribution in [0.2, 0.25) is 0 Å². The molecule has 2 aliphatic rings. The molecule has 0 saturated carbocycles. The number of carbonyl (C=O) groups excluding carboxylic acids is 1. The number of carbonyl (C=O) groups is 1. The van der Waals surface area contributed by atoms with Gasteiger partial charge in [0.05, 0.1) is 12.7 Å². The van der Waals surface area contributed by atoms with Gasteiger partial charge in [0.2, 0.25) is 0 Å². The van der Waals surface area contributed by atoms with E-state index in [0.29, 0.717) is 12.2 Å². The van der Waals surface area contributed by atoms with Crippen LogP contribution >= 0.6 is 10.6 Å². The Labute approximate surface area is 182 Å². The van der Waals surface area contributed by atoms with E-state index in [2.05, 4.69) is 0 Å². The fourth-order valence-corrected chi connectivity index (χ4v) is 5.85. The Balaban J connectivity index is 1.57. The first kappa shape index (κ1) is 22.1. The highest BCUT2D eigenvalue weighted by Crippen LogP contribution is 2.47. The lowest BCUT2D eigenvalue weighted by Crippen LogP contribution is -2.42. The van der Waals surface area contributed by atoms with Crippen molar-refractivity contribution in [2.24, 2.45) is 0 Å². The number of hydrogen-bond donors (Lipinski definition) is 3. The van der Waals surface area contributed by atoms with Crippen molar-refractivity contribution in [2.45, 2.75) is 37.7 Å². The van der Waals surface area contributed by atoms with Gasteiger partial charge in [-0.3, -0.25) is 9.11 Å². The first-order valence-corrected chi connectivity index (χ1v) is 12.2. The molecule has 1 fully saturated rings. The lowest BCUT2D eigenvalue weighted by atomic mass is 9.94. The lowest BCUT2D eigenvalue weighted by Gasteiger charge is -2.43. The van der Waals surface area contributed by atoms with E-state index >= 15 is 0 Å². The molecular weight excluding hydrogens is 423 g/mol. The van der Waals surface area contributed by atoms with Gasteiger partial charge < -0.3 is 14.6 Å². The number of rotatable bonds is 4. The molecule has 31 heavy (non-hydrogen) atoms. The zero-order chi connectivity index (χ0) is 22.2. The van der Waals surface area contributed by atoms with Crippen molar-refractivity contribution in [2.75, 3.05) is 25.2 Å². The summed E-state index contributed by atoms with van der Waals surface area (Å²) in [6.07, 6.45) is 2.89. The minimum atomic E-state index is -2.57. The number of esters is 1. The summed E-state index contributed by atoms with van der Waals surface area (Å²) in [5, 5.41) is 10.7.